The molecular weight excluding hydrogens is 156 g/mol. The summed E-state index contributed by atoms with van der Waals surface area (Å²) in [6, 6.07) is 0. The number of hydrogen-bond donors (Lipinski definition) is 2. The molecule has 0 fully saturated rings. The number of carbonyl (C=O) groups is 1. The van der Waals surface area contributed by atoms with Gasteiger partial charge in [-0.1, -0.05) is 19.8 Å². The molecular formula is C9H20O3. The minimum Gasteiger partial charge on any atom is -0.481 e. The Hall–Kier alpha value is -0.570. The summed E-state index contributed by atoms with van der Waals surface area (Å²) in [4.78, 5) is 9.87. The van der Waals surface area contributed by atoms with Crippen LogP contribution in [0.25, 0.3) is 0 Å². The number of rotatable bonds is 4. The minimum absolute atomic E-state index is 0.167. The summed E-state index contributed by atoms with van der Waals surface area (Å²) in [6.07, 6.45) is 3.11. The first-order valence-electron chi connectivity index (χ1n) is 4.40. The van der Waals surface area contributed by atoms with Crippen LogP contribution < -0.4 is 0 Å². The third-order valence-electron chi connectivity index (χ3n) is 0.994. The van der Waals surface area contributed by atoms with E-state index in [1.165, 1.54) is 0 Å². The van der Waals surface area contributed by atoms with Crippen LogP contribution in [-0.4, -0.2) is 22.3 Å². The molecule has 12 heavy (non-hydrogen) atoms. The van der Waals surface area contributed by atoms with Gasteiger partial charge in [0.1, 0.15) is 0 Å². The fourth-order valence-electron chi connectivity index (χ4n) is 0.526. The molecule has 0 aliphatic rings. The van der Waals surface area contributed by atoms with Gasteiger partial charge >= 0.3 is 5.97 Å². The molecule has 0 spiro atoms. The highest BCUT2D eigenvalue weighted by molar-refractivity contribution is 5.66. The molecule has 0 aliphatic carbocycles. The molecule has 0 heterocycles. The molecule has 0 saturated carbocycles. The first kappa shape index (κ1) is 14.0. The number of aliphatic hydroxyl groups excluding tert-OH is 1. The Morgan fingerprint density at radius 2 is 1.75 bits per heavy atom. The van der Waals surface area contributed by atoms with E-state index in [0.717, 1.165) is 19.3 Å². The van der Waals surface area contributed by atoms with E-state index in [4.69, 9.17) is 10.2 Å². The van der Waals surface area contributed by atoms with E-state index in [1.807, 2.05) is 0 Å². The zero-order valence-corrected chi connectivity index (χ0v) is 8.21. The molecule has 0 radical (unpaired) electrons. The van der Waals surface area contributed by atoms with Gasteiger partial charge in [0.05, 0.1) is 0 Å². The lowest BCUT2D eigenvalue weighted by atomic mass is 10.2. The van der Waals surface area contributed by atoms with Crippen LogP contribution in [0, 0.1) is 0 Å². The first-order chi connectivity index (χ1) is 5.50. The van der Waals surface area contributed by atoms with Gasteiger partial charge in [-0.25, -0.2) is 0 Å². The predicted octanol–water partition coefficient (Wildman–Crippen LogP) is 2.04. The highest BCUT2D eigenvalue weighted by Crippen LogP contribution is 1.97. The second-order valence-electron chi connectivity index (χ2n) is 2.94. The summed E-state index contributed by atoms with van der Waals surface area (Å²) in [7, 11) is 0. The van der Waals surface area contributed by atoms with Crippen molar-refractivity contribution in [2.24, 2.45) is 0 Å². The van der Waals surface area contributed by atoms with Crippen molar-refractivity contribution < 1.29 is 15.0 Å². The van der Waals surface area contributed by atoms with Gasteiger partial charge < -0.3 is 10.2 Å². The largest absolute Gasteiger partial charge is 0.481 e. The van der Waals surface area contributed by atoms with E-state index in [9.17, 15) is 4.79 Å². The van der Waals surface area contributed by atoms with Crippen molar-refractivity contribution in [1.29, 1.82) is 0 Å². The van der Waals surface area contributed by atoms with Crippen LogP contribution in [0.2, 0.25) is 0 Å². The highest BCUT2D eigenvalue weighted by atomic mass is 16.4. The minimum atomic E-state index is -0.682. The van der Waals surface area contributed by atoms with Gasteiger partial charge in [-0.05, 0) is 20.3 Å². The smallest absolute Gasteiger partial charge is 0.303 e. The fraction of sp³-hybridized carbons (Fsp3) is 0.889. The van der Waals surface area contributed by atoms with Crippen molar-refractivity contribution in [3.8, 4) is 0 Å². The third kappa shape index (κ3) is 34.1. The average Bonchev–Trinajstić information content (AvgIpc) is 1.86. The molecule has 0 saturated heterocycles. The lowest BCUT2D eigenvalue weighted by Gasteiger charge is -1.89. The van der Waals surface area contributed by atoms with Crippen molar-refractivity contribution in [2.45, 2.75) is 52.6 Å². The number of aliphatic hydroxyl groups is 1. The summed E-state index contributed by atoms with van der Waals surface area (Å²) in [5.41, 5.74) is 0. The summed E-state index contributed by atoms with van der Waals surface area (Å²) < 4.78 is 0. The van der Waals surface area contributed by atoms with Crippen molar-refractivity contribution in [2.75, 3.05) is 0 Å². The van der Waals surface area contributed by atoms with E-state index in [1.54, 1.807) is 13.8 Å². The maximum Gasteiger partial charge on any atom is 0.303 e. The molecule has 2 N–H and O–H groups in total. The van der Waals surface area contributed by atoms with E-state index in [0.29, 0.717) is 6.42 Å². The molecule has 3 heteroatoms. The van der Waals surface area contributed by atoms with Crippen LogP contribution in [0.1, 0.15) is 46.5 Å². The third-order valence-corrected chi connectivity index (χ3v) is 0.994. The summed E-state index contributed by atoms with van der Waals surface area (Å²) in [6.45, 7) is 5.50. The second kappa shape index (κ2) is 10.4. The Kier molecular flexibility index (Phi) is 12.2. The van der Waals surface area contributed by atoms with Crippen LogP contribution in [0.3, 0.4) is 0 Å². The Balaban J connectivity index is 0. The van der Waals surface area contributed by atoms with Gasteiger partial charge in [0.15, 0.2) is 0 Å². The molecule has 0 atom stereocenters. The Morgan fingerprint density at radius 1 is 1.33 bits per heavy atom. The maximum atomic E-state index is 9.87. The van der Waals surface area contributed by atoms with Gasteiger partial charge in [-0.3, -0.25) is 4.79 Å². The fourth-order valence-corrected chi connectivity index (χ4v) is 0.526. The molecule has 0 aromatic rings. The number of carboxylic acid groups (broad SMARTS) is 1. The number of aliphatic carboxylic acids is 1. The Morgan fingerprint density at radius 3 is 2.00 bits per heavy atom. The van der Waals surface area contributed by atoms with Crippen LogP contribution >= 0.6 is 0 Å². The number of carboxylic acids is 1. The predicted molar refractivity (Wildman–Crippen MR) is 49.1 cm³/mol. The van der Waals surface area contributed by atoms with Crippen LogP contribution in [0.15, 0.2) is 0 Å². The zero-order chi connectivity index (χ0) is 9.98. The van der Waals surface area contributed by atoms with Crippen molar-refractivity contribution in [1.82, 2.24) is 0 Å². The van der Waals surface area contributed by atoms with Gasteiger partial charge in [0.2, 0.25) is 0 Å². The molecule has 0 unspecified atom stereocenters. The number of unbranched alkanes of at least 4 members (excludes halogenated alkanes) is 2. The average molecular weight is 176 g/mol. The van der Waals surface area contributed by atoms with Crippen molar-refractivity contribution in [3.05, 3.63) is 0 Å². The molecule has 0 bridgehead atoms. The summed E-state index contributed by atoms with van der Waals surface area (Å²) >= 11 is 0. The van der Waals surface area contributed by atoms with E-state index in [2.05, 4.69) is 6.92 Å². The Bertz CT molecular complexity index is 97.2. The zero-order valence-electron chi connectivity index (χ0n) is 8.21. The standard InChI is InChI=1S/C6H12O2.C3H8O/c1-2-3-4-5-6(7)8;1-3(2)4/h2-5H2,1H3,(H,7,8);3-4H,1-2H3. The van der Waals surface area contributed by atoms with Gasteiger partial charge in [-0.15, -0.1) is 0 Å². The first-order valence-corrected chi connectivity index (χ1v) is 4.40. The molecule has 0 aromatic carbocycles. The van der Waals surface area contributed by atoms with Gasteiger partial charge in [0.25, 0.3) is 0 Å². The van der Waals surface area contributed by atoms with E-state index < -0.39 is 5.97 Å². The molecule has 0 amide bonds. The van der Waals surface area contributed by atoms with Crippen LogP contribution in [-0.2, 0) is 4.79 Å². The molecule has 0 rings (SSSR count). The van der Waals surface area contributed by atoms with E-state index >= 15 is 0 Å². The lowest BCUT2D eigenvalue weighted by molar-refractivity contribution is -0.137. The van der Waals surface area contributed by atoms with Crippen LogP contribution in [0.4, 0.5) is 0 Å². The van der Waals surface area contributed by atoms with E-state index in [-0.39, 0.29) is 6.10 Å². The number of hydrogen-bond acceptors (Lipinski definition) is 2. The van der Waals surface area contributed by atoms with Gasteiger partial charge in [-0.2, -0.15) is 0 Å². The summed E-state index contributed by atoms with van der Waals surface area (Å²) in [5, 5.41) is 16.2. The topological polar surface area (TPSA) is 57.5 Å². The maximum absolute atomic E-state index is 9.87. The molecule has 0 aromatic heterocycles. The van der Waals surface area contributed by atoms with Crippen molar-refractivity contribution in [3.63, 3.8) is 0 Å². The Labute approximate surface area is 74.4 Å². The molecule has 0 aliphatic heterocycles. The van der Waals surface area contributed by atoms with Crippen molar-refractivity contribution >= 4 is 5.97 Å². The lowest BCUT2D eigenvalue weighted by Crippen LogP contribution is -1.92. The quantitative estimate of drug-likeness (QED) is 0.644. The SMILES string of the molecule is CC(C)O.CCCCCC(=O)O. The molecule has 3 nitrogen and oxygen atoms in total. The monoisotopic (exact) mass is 176 g/mol. The van der Waals surface area contributed by atoms with Gasteiger partial charge in [0, 0.05) is 12.5 Å². The normalized spacial score (nSPS) is 9.08. The summed E-state index contributed by atoms with van der Waals surface area (Å²) in [5.74, 6) is -0.682. The highest BCUT2D eigenvalue weighted by Gasteiger charge is 1.92. The molecule has 74 valence electrons. The van der Waals surface area contributed by atoms with Crippen LogP contribution in [0.5, 0.6) is 0 Å². The second-order valence-corrected chi connectivity index (χ2v) is 2.94.